The summed E-state index contributed by atoms with van der Waals surface area (Å²) in [6.07, 6.45) is -4.49. The van der Waals surface area contributed by atoms with Crippen molar-refractivity contribution in [3.8, 4) is 28.6 Å². The number of amides is 2. The molecule has 0 saturated carbocycles. The van der Waals surface area contributed by atoms with E-state index in [4.69, 9.17) is 9.15 Å². The van der Waals surface area contributed by atoms with Crippen LogP contribution in [0.15, 0.2) is 93.5 Å². The Bertz CT molecular complexity index is 1850. The molecule has 0 aliphatic heterocycles. The number of hydrogen-bond donors (Lipinski definition) is 3. The lowest BCUT2D eigenvalue weighted by Crippen LogP contribution is -2.18. The lowest BCUT2D eigenvalue weighted by Gasteiger charge is -2.11. The molecule has 5 aromatic rings. The molecular weight excluding hydrogens is 601 g/mol. The van der Waals surface area contributed by atoms with Crippen LogP contribution in [0.25, 0.3) is 22.3 Å². The van der Waals surface area contributed by atoms with Crippen LogP contribution in [0.5, 0.6) is 17.2 Å². The fraction of sp³-hybridized carbons (Fsp3) is 0.129. The van der Waals surface area contributed by atoms with Gasteiger partial charge in [0.15, 0.2) is 5.43 Å². The van der Waals surface area contributed by atoms with Gasteiger partial charge in [-0.3, -0.25) is 14.4 Å². The number of phenolic OH excluding ortho intramolecular Hbond substituents is 1. The molecule has 0 fully saturated rings. The summed E-state index contributed by atoms with van der Waals surface area (Å²) in [5, 5.41) is 17.6. The highest BCUT2D eigenvalue weighted by Crippen LogP contribution is 2.31. The van der Waals surface area contributed by atoms with Gasteiger partial charge in [0.1, 0.15) is 39.0 Å². The third-order valence-corrected chi connectivity index (χ3v) is 7.00. The Morgan fingerprint density at radius 2 is 1.68 bits per heavy atom. The molecule has 9 nitrogen and oxygen atoms in total. The number of hydrogen-bond acceptors (Lipinski definition) is 8. The largest absolute Gasteiger partial charge is 0.573 e. The van der Waals surface area contributed by atoms with Gasteiger partial charge in [0.05, 0.1) is 12.2 Å². The zero-order valence-electron chi connectivity index (χ0n) is 22.6. The molecule has 0 saturated heterocycles. The molecule has 0 aliphatic rings. The molecule has 2 aromatic heterocycles. The fourth-order valence-corrected chi connectivity index (χ4v) is 5.01. The van der Waals surface area contributed by atoms with E-state index in [1.165, 1.54) is 36.4 Å². The first-order valence-electron chi connectivity index (χ1n) is 13.1. The minimum absolute atomic E-state index is 0.0275. The van der Waals surface area contributed by atoms with E-state index in [1.54, 1.807) is 17.5 Å². The second-order valence-corrected chi connectivity index (χ2v) is 10.3. The van der Waals surface area contributed by atoms with E-state index in [1.807, 2.05) is 18.2 Å². The van der Waals surface area contributed by atoms with Gasteiger partial charge in [0, 0.05) is 35.9 Å². The van der Waals surface area contributed by atoms with Gasteiger partial charge in [-0.2, -0.15) is 0 Å². The first-order chi connectivity index (χ1) is 21.1. The second-order valence-electron chi connectivity index (χ2n) is 9.35. The zero-order chi connectivity index (χ0) is 31.3. The first kappa shape index (κ1) is 30.2. The Hall–Kier alpha value is -5.30. The number of fused-ring (bicyclic) bond motifs is 1. The van der Waals surface area contributed by atoms with Crippen molar-refractivity contribution >= 4 is 44.8 Å². The molecule has 3 aromatic carbocycles. The molecule has 44 heavy (non-hydrogen) atoms. The average Bonchev–Trinajstić information content (AvgIpc) is 3.44. The number of halogens is 3. The second kappa shape index (κ2) is 12.9. The predicted octanol–water partition coefficient (Wildman–Crippen LogP) is 7.18. The molecular formula is C31H23F3N2O7S. The third kappa shape index (κ3) is 7.55. The van der Waals surface area contributed by atoms with Gasteiger partial charge in [-0.15, -0.1) is 24.5 Å². The average molecular weight is 625 g/mol. The first-order valence-corrected chi connectivity index (χ1v) is 14.0. The topological polar surface area (TPSA) is 127 Å². The van der Waals surface area contributed by atoms with Gasteiger partial charge < -0.3 is 29.6 Å². The SMILES string of the molecule is O=C(CCCOc1cc(O)c2c(=O)cc(-c3ccccc3)oc2c1)Nc1sccc1C(=O)Nc1ccc(OC(F)(F)F)cc1. The molecule has 13 heteroatoms. The van der Waals surface area contributed by atoms with Crippen molar-refractivity contribution in [2.45, 2.75) is 19.2 Å². The lowest BCUT2D eigenvalue weighted by molar-refractivity contribution is -0.274. The van der Waals surface area contributed by atoms with Crippen LogP contribution >= 0.6 is 11.3 Å². The van der Waals surface area contributed by atoms with Gasteiger partial charge in [0.2, 0.25) is 5.91 Å². The van der Waals surface area contributed by atoms with Crippen LogP contribution in [0.2, 0.25) is 0 Å². The van der Waals surface area contributed by atoms with Crippen molar-refractivity contribution in [1.82, 2.24) is 0 Å². The van der Waals surface area contributed by atoms with Crippen LogP contribution < -0.4 is 25.5 Å². The molecule has 2 heterocycles. The Balaban J connectivity index is 1.14. The number of nitrogens with one attached hydrogen (secondary N) is 2. The number of thiophene rings is 1. The van der Waals surface area contributed by atoms with E-state index < -0.39 is 23.4 Å². The van der Waals surface area contributed by atoms with Crippen molar-refractivity contribution in [3.63, 3.8) is 0 Å². The molecule has 226 valence electrons. The van der Waals surface area contributed by atoms with Crippen LogP contribution in [-0.2, 0) is 4.79 Å². The number of alkyl halides is 3. The van der Waals surface area contributed by atoms with Crippen molar-refractivity contribution in [2.24, 2.45) is 0 Å². The maximum Gasteiger partial charge on any atom is 0.573 e. The minimum Gasteiger partial charge on any atom is -0.507 e. The van der Waals surface area contributed by atoms with E-state index in [9.17, 15) is 32.7 Å². The van der Waals surface area contributed by atoms with Crippen molar-refractivity contribution in [1.29, 1.82) is 0 Å². The number of benzene rings is 3. The molecule has 0 aliphatic carbocycles. The van der Waals surface area contributed by atoms with E-state index in [-0.39, 0.29) is 59.1 Å². The van der Waals surface area contributed by atoms with Crippen LogP contribution in [0.3, 0.4) is 0 Å². The van der Waals surface area contributed by atoms with E-state index >= 15 is 0 Å². The van der Waals surface area contributed by atoms with Crippen molar-refractivity contribution in [3.05, 3.63) is 100 Å². The normalized spacial score (nSPS) is 11.2. The number of phenols is 1. The summed E-state index contributed by atoms with van der Waals surface area (Å²) < 4.78 is 52.4. The predicted molar refractivity (Wildman–Crippen MR) is 158 cm³/mol. The van der Waals surface area contributed by atoms with E-state index in [2.05, 4.69) is 15.4 Å². The summed E-state index contributed by atoms with van der Waals surface area (Å²) in [6.45, 7) is 0.104. The van der Waals surface area contributed by atoms with Gasteiger partial charge in [-0.25, -0.2) is 0 Å². The summed E-state index contributed by atoms with van der Waals surface area (Å²) in [7, 11) is 0. The van der Waals surface area contributed by atoms with Crippen molar-refractivity contribution in [2.75, 3.05) is 17.2 Å². The summed E-state index contributed by atoms with van der Waals surface area (Å²) in [4.78, 5) is 37.9. The van der Waals surface area contributed by atoms with Gasteiger partial charge in [-0.1, -0.05) is 30.3 Å². The molecule has 0 spiro atoms. The maximum atomic E-state index is 12.7. The van der Waals surface area contributed by atoms with Crippen molar-refractivity contribution < 1.29 is 41.8 Å². The Morgan fingerprint density at radius 3 is 2.41 bits per heavy atom. The Labute approximate surface area is 251 Å². The highest BCUT2D eigenvalue weighted by Gasteiger charge is 2.31. The Morgan fingerprint density at radius 1 is 0.932 bits per heavy atom. The molecule has 0 unspecified atom stereocenters. The van der Waals surface area contributed by atoms with Crippen LogP contribution in [0, 0.1) is 0 Å². The molecule has 0 bridgehead atoms. The number of rotatable bonds is 10. The summed E-state index contributed by atoms with van der Waals surface area (Å²) in [5.74, 6) is -1.07. The van der Waals surface area contributed by atoms with Crippen LogP contribution in [-0.4, -0.2) is 29.9 Å². The summed E-state index contributed by atoms with van der Waals surface area (Å²) in [6, 6.07) is 19.3. The van der Waals surface area contributed by atoms with Gasteiger partial charge in [0.25, 0.3) is 5.91 Å². The quantitative estimate of drug-likeness (QED) is 0.141. The molecule has 2 amide bonds. The summed E-state index contributed by atoms with van der Waals surface area (Å²) in [5.41, 5.74) is 0.862. The molecule has 3 N–H and O–H groups in total. The standard InChI is InChI=1S/C31H23F3N2O7S/c32-31(33,34)43-20-10-8-19(9-11-20)35-29(40)22-12-14-44-30(22)36-27(39)7-4-13-41-21-15-23(37)28-24(38)17-25(42-26(28)16-21)18-5-2-1-3-6-18/h1-3,5-6,8-12,14-17,37H,4,7,13H2,(H,35,40)(H,36,39). The third-order valence-electron chi connectivity index (χ3n) is 6.17. The number of carbonyl (C=O) groups excluding carboxylic acids is 2. The Kier molecular flexibility index (Phi) is 8.86. The van der Waals surface area contributed by atoms with Crippen LogP contribution in [0.1, 0.15) is 23.2 Å². The highest BCUT2D eigenvalue weighted by atomic mass is 32.1. The number of ether oxygens (including phenoxy) is 2. The zero-order valence-corrected chi connectivity index (χ0v) is 23.5. The molecule has 0 atom stereocenters. The smallest absolute Gasteiger partial charge is 0.507 e. The number of anilines is 2. The maximum absolute atomic E-state index is 12.7. The molecule has 0 radical (unpaired) electrons. The lowest BCUT2D eigenvalue weighted by atomic mass is 10.1. The minimum atomic E-state index is -4.83. The molecule has 5 rings (SSSR count). The van der Waals surface area contributed by atoms with Gasteiger partial charge in [-0.05, 0) is 42.1 Å². The van der Waals surface area contributed by atoms with E-state index in [0.717, 1.165) is 23.5 Å². The number of carbonyl (C=O) groups is 2. The highest BCUT2D eigenvalue weighted by molar-refractivity contribution is 7.14. The monoisotopic (exact) mass is 624 g/mol. The van der Waals surface area contributed by atoms with Crippen LogP contribution in [0.4, 0.5) is 23.9 Å². The summed E-state index contributed by atoms with van der Waals surface area (Å²) >= 11 is 1.13. The van der Waals surface area contributed by atoms with E-state index in [0.29, 0.717) is 16.3 Å². The number of aromatic hydroxyl groups is 1. The fourth-order valence-electron chi connectivity index (χ4n) is 4.21. The van der Waals surface area contributed by atoms with Gasteiger partial charge >= 0.3 is 6.36 Å².